The molecule has 156 valence electrons. The van der Waals surface area contributed by atoms with Gasteiger partial charge in [-0.1, -0.05) is 35.5 Å². The van der Waals surface area contributed by atoms with Gasteiger partial charge in [0, 0.05) is 16.3 Å². The summed E-state index contributed by atoms with van der Waals surface area (Å²) in [6.07, 6.45) is 4.01. The first-order chi connectivity index (χ1) is 14.6. The molecule has 2 heterocycles. The van der Waals surface area contributed by atoms with E-state index in [1.54, 1.807) is 17.5 Å². The van der Waals surface area contributed by atoms with Crippen LogP contribution >= 0.6 is 22.9 Å². The minimum atomic E-state index is -0.900. The van der Waals surface area contributed by atoms with Crippen LogP contribution in [0, 0.1) is 5.82 Å². The van der Waals surface area contributed by atoms with E-state index in [4.69, 9.17) is 0 Å². The largest absolute Gasteiger partial charge is 0.351 e. The van der Waals surface area contributed by atoms with Crippen molar-refractivity contribution >= 4 is 34.7 Å². The molecule has 30 heavy (non-hydrogen) atoms. The van der Waals surface area contributed by atoms with Crippen LogP contribution in [0.15, 0.2) is 47.2 Å². The van der Waals surface area contributed by atoms with Crippen LogP contribution in [-0.4, -0.2) is 32.3 Å². The minimum Gasteiger partial charge on any atom is -0.351 e. The Morgan fingerprint density at radius 2 is 1.97 bits per heavy atom. The Morgan fingerprint density at radius 1 is 1.20 bits per heavy atom. The van der Waals surface area contributed by atoms with E-state index in [0.717, 1.165) is 42.1 Å². The third-order valence-electron chi connectivity index (χ3n) is 5.19. The molecule has 0 saturated heterocycles. The quantitative estimate of drug-likeness (QED) is 0.593. The Morgan fingerprint density at radius 3 is 2.60 bits per heavy atom. The smallest absolute Gasteiger partial charge is 0.276 e. The van der Waals surface area contributed by atoms with Crippen LogP contribution in [0.25, 0.3) is 0 Å². The zero-order valence-corrected chi connectivity index (χ0v) is 17.8. The summed E-state index contributed by atoms with van der Waals surface area (Å²) in [6.45, 7) is 0.244. The van der Waals surface area contributed by atoms with Gasteiger partial charge in [0.1, 0.15) is 11.9 Å². The molecule has 6 nitrogen and oxygen atoms in total. The van der Waals surface area contributed by atoms with Gasteiger partial charge >= 0.3 is 0 Å². The summed E-state index contributed by atoms with van der Waals surface area (Å²) >= 11 is 2.59. The molecule has 3 aromatic rings. The summed E-state index contributed by atoms with van der Waals surface area (Å²) in [7, 11) is 0. The van der Waals surface area contributed by atoms with Crippen molar-refractivity contribution in [1.82, 2.24) is 19.8 Å². The number of hydrogen-bond donors (Lipinski definition) is 1. The second-order valence-corrected chi connectivity index (χ2v) is 8.89. The maximum absolute atomic E-state index is 13.6. The second kappa shape index (κ2) is 9.44. The van der Waals surface area contributed by atoms with Crippen molar-refractivity contribution in [2.24, 2.45) is 0 Å². The van der Waals surface area contributed by atoms with Gasteiger partial charge in [-0.2, -0.15) is 0 Å². The van der Waals surface area contributed by atoms with Gasteiger partial charge in [-0.3, -0.25) is 9.59 Å². The third kappa shape index (κ3) is 4.73. The lowest BCUT2D eigenvalue weighted by Crippen LogP contribution is -2.45. The topological polar surface area (TPSA) is 75.2 Å². The lowest BCUT2D eigenvalue weighted by Gasteiger charge is -2.31. The molecule has 0 aliphatic heterocycles. The number of halogens is 1. The zero-order valence-electron chi connectivity index (χ0n) is 16.2. The number of nitrogens with zero attached hydrogens (tertiary/aromatic N) is 3. The van der Waals surface area contributed by atoms with E-state index in [0.29, 0.717) is 5.56 Å². The molecule has 0 radical (unpaired) electrons. The maximum Gasteiger partial charge on any atom is 0.276 e. The zero-order chi connectivity index (χ0) is 20.9. The summed E-state index contributed by atoms with van der Waals surface area (Å²) in [6, 6.07) is 8.75. The first-order valence-corrected chi connectivity index (χ1v) is 11.5. The van der Waals surface area contributed by atoms with Gasteiger partial charge in [-0.15, -0.1) is 16.4 Å². The molecular weight excluding hydrogens is 423 g/mol. The number of carbonyl (C=O) groups excluding carboxylic acids is 2. The number of amides is 2. The Bertz CT molecular complexity index is 971. The SMILES string of the molecule is O=C(NC1CCCC1)[C@@H](c1ccc(F)cc1)N(Cc1cccs1)C(=O)c1csnn1. The highest BCUT2D eigenvalue weighted by Gasteiger charge is 2.34. The molecule has 1 saturated carbocycles. The van der Waals surface area contributed by atoms with Crippen molar-refractivity contribution in [3.8, 4) is 0 Å². The first-order valence-electron chi connectivity index (χ1n) is 9.78. The van der Waals surface area contributed by atoms with Gasteiger partial charge in [0.05, 0.1) is 6.54 Å². The van der Waals surface area contributed by atoms with Crippen molar-refractivity contribution in [1.29, 1.82) is 0 Å². The van der Waals surface area contributed by atoms with E-state index in [1.165, 1.54) is 28.4 Å². The highest BCUT2D eigenvalue weighted by Crippen LogP contribution is 2.28. The summed E-state index contributed by atoms with van der Waals surface area (Å²) in [5, 5.41) is 10.5. The number of benzene rings is 1. The molecule has 1 aromatic carbocycles. The highest BCUT2D eigenvalue weighted by molar-refractivity contribution is 7.09. The van der Waals surface area contributed by atoms with Gasteiger partial charge in [0.2, 0.25) is 5.91 Å². The lowest BCUT2D eigenvalue weighted by molar-refractivity contribution is -0.126. The van der Waals surface area contributed by atoms with Crippen LogP contribution in [-0.2, 0) is 11.3 Å². The highest BCUT2D eigenvalue weighted by atomic mass is 32.1. The number of thiophene rings is 1. The fourth-order valence-corrected chi connectivity index (χ4v) is 4.86. The fourth-order valence-electron chi connectivity index (χ4n) is 3.72. The van der Waals surface area contributed by atoms with E-state index in [9.17, 15) is 14.0 Å². The molecule has 1 aliphatic rings. The van der Waals surface area contributed by atoms with Crippen LogP contribution in [0.1, 0.15) is 52.7 Å². The van der Waals surface area contributed by atoms with Gasteiger partial charge in [-0.25, -0.2) is 4.39 Å². The van der Waals surface area contributed by atoms with Crippen molar-refractivity contribution in [2.75, 3.05) is 0 Å². The van der Waals surface area contributed by atoms with E-state index in [1.807, 2.05) is 17.5 Å². The summed E-state index contributed by atoms with van der Waals surface area (Å²) in [5.41, 5.74) is 0.748. The average Bonchev–Trinajstić information content (AvgIpc) is 3.52. The Balaban J connectivity index is 1.71. The fraction of sp³-hybridized carbons (Fsp3) is 0.333. The molecule has 4 rings (SSSR count). The van der Waals surface area contributed by atoms with E-state index in [2.05, 4.69) is 14.9 Å². The molecule has 1 atom stereocenters. The molecule has 9 heteroatoms. The molecule has 2 amide bonds. The van der Waals surface area contributed by atoms with E-state index >= 15 is 0 Å². The Kier molecular flexibility index (Phi) is 6.49. The van der Waals surface area contributed by atoms with Crippen LogP contribution < -0.4 is 5.32 Å². The van der Waals surface area contributed by atoms with Gasteiger partial charge < -0.3 is 10.2 Å². The Hall–Kier alpha value is -2.65. The number of nitrogens with one attached hydrogen (secondary N) is 1. The predicted octanol–water partition coefficient (Wildman–Crippen LogP) is 4.18. The predicted molar refractivity (Wildman–Crippen MR) is 114 cm³/mol. The van der Waals surface area contributed by atoms with Gasteiger partial charge in [0.15, 0.2) is 5.69 Å². The summed E-state index contributed by atoms with van der Waals surface area (Å²) in [5.74, 6) is -1.04. The van der Waals surface area contributed by atoms with E-state index in [-0.39, 0.29) is 30.1 Å². The molecule has 1 fully saturated rings. The number of hydrogen-bond acceptors (Lipinski definition) is 6. The van der Waals surface area contributed by atoms with Crippen molar-refractivity contribution in [2.45, 2.75) is 44.3 Å². The maximum atomic E-state index is 13.6. The number of carbonyl (C=O) groups is 2. The number of rotatable bonds is 7. The van der Waals surface area contributed by atoms with Crippen molar-refractivity contribution < 1.29 is 14.0 Å². The summed E-state index contributed by atoms with van der Waals surface area (Å²) < 4.78 is 17.4. The minimum absolute atomic E-state index is 0.0973. The first kappa shape index (κ1) is 20.6. The van der Waals surface area contributed by atoms with Crippen molar-refractivity contribution in [3.05, 3.63) is 69.1 Å². The molecule has 0 unspecified atom stereocenters. The average molecular weight is 445 g/mol. The Labute approximate surface area is 181 Å². The van der Waals surface area contributed by atoms with Crippen molar-refractivity contribution in [3.63, 3.8) is 0 Å². The molecule has 0 bridgehead atoms. The summed E-state index contributed by atoms with van der Waals surface area (Å²) in [4.78, 5) is 29.2. The van der Waals surface area contributed by atoms with Crippen LogP contribution in [0.5, 0.6) is 0 Å². The van der Waals surface area contributed by atoms with Gasteiger partial charge in [-0.05, 0) is 53.5 Å². The molecule has 0 spiro atoms. The normalized spacial score (nSPS) is 15.1. The molecule has 2 aromatic heterocycles. The third-order valence-corrected chi connectivity index (χ3v) is 6.56. The van der Waals surface area contributed by atoms with E-state index < -0.39 is 11.9 Å². The molecule has 1 aliphatic carbocycles. The van der Waals surface area contributed by atoms with Crippen LogP contribution in [0.4, 0.5) is 4.39 Å². The standard InChI is InChI=1S/C21H21FN4O2S2/c22-15-9-7-14(8-10-15)19(20(27)23-16-4-1-2-5-16)26(12-17-6-3-11-29-17)21(28)18-13-30-25-24-18/h3,6-11,13,16,19H,1-2,4-5,12H2,(H,23,27)/t19-/m1/s1. The number of aromatic nitrogens is 2. The van der Waals surface area contributed by atoms with Gasteiger partial charge in [0.25, 0.3) is 5.91 Å². The monoisotopic (exact) mass is 444 g/mol. The lowest BCUT2D eigenvalue weighted by atomic mass is 10.0. The second-order valence-electron chi connectivity index (χ2n) is 7.25. The molecule has 1 N–H and O–H groups in total. The van der Waals surface area contributed by atoms with Crippen LogP contribution in [0.2, 0.25) is 0 Å². The molecular formula is C21H21FN4O2S2. The van der Waals surface area contributed by atoms with Crippen LogP contribution in [0.3, 0.4) is 0 Å².